The lowest BCUT2D eigenvalue weighted by atomic mass is 10.0. The molecule has 29 heavy (non-hydrogen) atoms. The Balaban J connectivity index is 1.79. The average Bonchev–Trinajstić information content (AvgIpc) is 3.23. The van der Waals surface area contributed by atoms with Crippen molar-refractivity contribution in [1.82, 2.24) is 30.4 Å². The molecule has 0 saturated heterocycles. The molecule has 0 radical (unpaired) electrons. The summed E-state index contributed by atoms with van der Waals surface area (Å²) in [5, 5.41) is 22.4. The molecule has 0 aliphatic rings. The normalized spacial score (nSPS) is 10.7. The number of nitrogens with zero attached hydrogens (tertiary/aromatic N) is 6. The van der Waals surface area contributed by atoms with Crippen molar-refractivity contribution >= 4 is 11.7 Å². The number of hydrogen-bond acceptors (Lipinski definition) is 6. The number of aromatic nitrogens is 6. The topological polar surface area (TPSA) is 98.5 Å². The molecule has 2 aromatic carbocycles. The third-order valence-corrected chi connectivity index (χ3v) is 4.47. The van der Waals surface area contributed by atoms with E-state index in [9.17, 15) is 4.79 Å². The fourth-order valence-corrected chi connectivity index (χ4v) is 2.96. The molecule has 1 N–H and O–H groups in total. The minimum Gasteiger partial charge on any atom is -0.305 e. The number of tetrazole rings is 1. The fraction of sp³-hybridized carbons (Fsp3) is 0.143. The molecule has 0 aliphatic heterocycles. The Labute approximate surface area is 167 Å². The number of aryl methyl sites for hydroxylation is 2. The monoisotopic (exact) mass is 385 g/mol. The summed E-state index contributed by atoms with van der Waals surface area (Å²) in [7, 11) is 0. The summed E-state index contributed by atoms with van der Waals surface area (Å²) in [6, 6.07) is 17.1. The van der Waals surface area contributed by atoms with Gasteiger partial charge in [0.15, 0.2) is 11.6 Å². The first-order chi connectivity index (χ1) is 14.1. The highest BCUT2D eigenvalue weighted by Crippen LogP contribution is 2.25. The van der Waals surface area contributed by atoms with E-state index in [2.05, 4.69) is 31.0 Å². The zero-order valence-corrected chi connectivity index (χ0v) is 16.1. The molecule has 4 rings (SSSR count). The van der Waals surface area contributed by atoms with Gasteiger partial charge in [0.2, 0.25) is 0 Å². The van der Waals surface area contributed by atoms with E-state index in [0.29, 0.717) is 29.3 Å². The van der Waals surface area contributed by atoms with Crippen LogP contribution in [0.4, 0.5) is 5.82 Å². The molecule has 8 nitrogen and oxygen atoms in total. The van der Waals surface area contributed by atoms with Crippen molar-refractivity contribution in [2.45, 2.75) is 20.3 Å². The highest BCUT2D eigenvalue weighted by Gasteiger charge is 2.14. The van der Waals surface area contributed by atoms with Crippen molar-refractivity contribution in [3.05, 3.63) is 77.7 Å². The molecule has 0 unspecified atom stereocenters. The molecular weight excluding hydrogens is 366 g/mol. The van der Waals surface area contributed by atoms with Crippen LogP contribution >= 0.6 is 0 Å². The van der Waals surface area contributed by atoms with E-state index in [4.69, 9.17) is 0 Å². The van der Waals surface area contributed by atoms with Gasteiger partial charge in [0, 0.05) is 18.2 Å². The number of benzene rings is 2. The molecule has 4 aromatic rings. The Bertz CT molecular complexity index is 1140. The van der Waals surface area contributed by atoms with Crippen molar-refractivity contribution in [1.29, 1.82) is 0 Å². The maximum Gasteiger partial charge on any atom is 0.256 e. The second-order valence-electron chi connectivity index (χ2n) is 6.56. The van der Waals surface area contributed by atoms with Crippen molar-refractivity contribution in [3.8, 4) is 16.8 Å². The van der Waals surface area contributed by atoms with Crippen LogP contribution in [0.5, 0.6) is 0 Å². The van der Waals surface area contributed by atoms with Crippen LogP contribution in [0.15, 0.2) is 60.8 Å². The van der Waals surface area contributed by atoms with E-state index < -0.39 is 0 Å². The van der Waals surface area contributed by atoms with E-state index in [1.807, 2.05) is 50.2 Å². The van der Waals surface area contributed by atoms with Crippen LogP contribution in [-0.4, -0.2) is 36.3 Å². The first-order valence-electron chi connectivity index (χ1n) is 9.23. The maximum absolute atomic E-state index is 12.9. The number of rotatable bonds is 5. The predicted octanol–water partition coefficient (Wildman–Crippen LogP) is 3.24. The van der Waals surface area contributed by atoms with Crippen molar-refractivity contribution < 1.29 is 4.79 Å². The van der Waals surface area contributed by atoms with Crippen molar-refractivity contribution in [2.24, 2.45) is 0 Å². The first kappa shape index (κ1) is 18.4. The summed E-state index contributed by atoms with van der Waals surface area (Å²) in [6.07, 6.45) is 2.22. The molecule has 0 fully saturated rings. The molecule has 144 valence electrons. The van der Waals surface area contributed by atoms with E-state index >= 15 is 0 Å². The van der Waals surface area contributed by atoms with Crippen LogP contribution in [0.1, 0.15) is 28.7 Å². The van der Waals surface area contributed by atoms with Gasteiger partial charge in [-0.1, -0.05) is 36.8 Å². The third kappa shape index (κ3) is 4.01. The highest BCUT2D eigenvalue weighted by atomic mass is 16.1. The quantitative estimate of drug-likeness (QED) is 0.566. The molecular formula is C21H19N7O. The summed E-state index contributed by atoms with van der Waals surface area (Å²) in [4.78, 5) is 12.9. The Kier molecular flexibility index (Phi) is 5.07. The average molecular weight is 385 g/mol. The van der Waals surface area contributed by atoms with Crippen LogP contribution in [0.3, 0.4) is 0 Å². The van der Waals surface area contributed by atoms with E-state index in [1.54, 1.807) is 29.1 Å². The Morgan fingerprint density at radius 2 is 1.86 bits per heavy atom. The van der Waals surface area contributed by atoms with Crippen LogP contribution in [0.2, 0.25) is 0 Å². The second-order valence-corrected chi connectivity index (χ2v) is 6.56. The SMILES string of the molecule is CCc1nnnn1-c1cc(C(=O)Nc2cccnn2)cc(-c2ccc(C)cc2)c1. The van der Waals surface area contributed by atoms with Crippen molar-refractivity contribution in [2.75, 3.05) is 5.32 Å². The fourth-order valence-electron chi connectivity index (χ4n) is 2.96. The summed E-state index contributed by atoms with van der Waals surface area (Å²) < 4.78 is 1.65. The van der Waals surface area contributed by atoms with E-state index in [0.717, 1.165) is 11.1 Å². The lowest BCUT2D eigenvalue weighted by Crippen LogP contribution is -2.14. The predicted molar refractivity (Wildman–Crippen MR) is 109 cm³/mol. The molecule has 0 atom stereocenters. The van der Waals surface area contributed by atoms with E-state index in [-0.39, 0.29) is 5.91 Å². The van der Waals surface area contributed by atoms with Gasteiger partial charge in [0.25, 0.3) is 5.91 Å². The number of nitrogens with one attached hydrogen (secondary N) is 1. The zero-order valence-electron chi connectivity index (χ0n) is 16.1. The number of anilines is 1. The van der Waals surface area contributed by atoms with Crippen LogP contribution in [0, 0.1) is 6.92 Å². The maximum atomic E-state index is 12.9. The van der Waals surface area contributed by atoms with Gasteiger partial charge in [0.1, 0.15) is 0 Å². The smallest absolute Gasteiger partial charge is 0.256 e. The van der Waals surface area contributed by atoms with Gasteiger partial charge in [-0.25, -0.2) is 0 Å². The van der Waals surface area contributed by atoms with Gasteiger partial charge >= 0.3 is 0 Å². The van der Waals surface area contributed by atoms with Gasteiger partial charge in [-0.2, -0.15) is 9.78 Å². The number of hydrogen-bond donors (Lipinski definition) is 1. The Morgan fingerprint density at radius 1 is 1.03 bits per heavy atom. The zero-order chi connectivity index (χ0) is 20.2. The van der Waals surface area contributed by atoms with Gasteiger partial charge < -0.3 is 5.32 Å². The summed E-state index contributed by atoms with van der Waals surface area (Å²) in [5.41, 5.74) is 4.25. The first-order valence-corrected chi connectivity index (χ1v) is 9.23. The molecule has 0 saturated carbocycles. The van der Waals surface area contributed by atoms with Crippen LogP contribution in [0.25, 0.3) is 16.8 Å². The van der Waals surface area contributed by atoms with Crippen LogP contribution in [-0.2, 0) is 6.42 Å². The molecule has 2 aromatic heterocycles. The lowest BCUT2D eigenvalue weighted by molar-refractivity contribution is 0.102. The largest absolute Gasteiger partial charge is 0.305 e. The molecule has 8 heteroatoms. The van der Waals surface area contributed by atoms with Gasteiger partial charge in [0.05, 0.1) is 5.69 Å². The standard InChI is InChI=1S/C21H19N7O/c1-3-20-25-26-27-28(20)18-12-16(15-8-6-14(2)7-9-15)11-17(13-18)21(29)23-19-5-4-10-22-24-19/h4-13H,3H2,1-2H3,(H,23,24,29). The third-order valence-electron chi connectivity index (χ3n) is 4.47. The highest BCUT2D eigenvalue weighted by molar-refractivity contribution is 6.05. The summed E-state index contributed by atoms with van der Waals surface area (Å²) in [5.74, 6) is 0.814. The summed E-state index contributed by atoms with van der Waals surface area (Å²) >= 11 is 0. The molecule has 1 amide bonds. The minimum atomic E-state index is -0.285. The van der Waals surface area contributed by atoms with E-state index in [1.165, 1.54) is 5.56 Å². The Hall–Kier alpha value is -3.94. The number of carbonyl (C=O) groups excluding carboxylic acids is 1. The molecule has 0 aliphatic carbocycles. The minimum absolute atomic E-state index is 0.285. The van der Waals surface area contributed by atoms with Crippen molar-refractivity contribution in [3.63, 3.8) is 0 Å². The molecule has 0 spiro atoms. The number of carbonyl (C=O) groups is 1. The van der Waals surface area contributed by atoms with Gasteiger partial charge in [-0.15, -0.1) is 10.2 Å². The van der Waals surface area contributed by atoms with Crippen LogP contribution < -0.4 is 5.32 Å². The van der Waals surface area contributed by atoms with Gasteiger partial charge in [-0.3, -0.25) is 4.79 Å². The Morgan fingerprint density at radius 3 is 2.59 bits per heavy atom. The molecule has 2 heterocycles. The number of amides is 1. The van der Waals surface area contributed by atoms with Gasteiger partial charge in [-0.05, 0) is 58.8 Å². The summed E-state index contributed by atoms with van der Waals surface area (Å²) in [6.45, 7) is 4.02. The second kappa shape index (κ2) is 7.97. The molecule has 0 bridgehead atoms. The lowest BCUT2D eigenvalue weighted by Gasteiger charge is -2.11.